The van der Waals surface area contributed by atoms with Gasteiger partial charge in [-0.15, -0.1) is 0 Å². The fraction of sp³-hybridized carbons (Fsp3) is 0.467. The third kappa shape index (κ3) is 3.51. The van der Waals surface area contributed by atoms with E-state index in [0.29, 0.717) is 4.47 Å². The average Bonchev–Trinajstić information content (AvgIpc) is 2.45. The number of hydrogen-bond donors (Lipinski definition) is 2. The molecule has 1 saturated carbocycles. The second-order valence-electron chi connectivity index (χ2n) is 5.14. The number of benzene rings is 1. The van der Waals surface area contributed by atoms with E-state index in [1.807, 2.05) is 0 Å². The quantitative estimate of drug-likeness (QED) is 0.888. The Kier molecular flexibility index (Phi) is 5.02. The molecule has 106 valence electrons. The largest absolute Gasteiger partial charge is 0.507 e. The minimum Gasteiger partial charge on any atom is -0.507 e. The molecule has 0 aromatic heterocycles. The minimum atomic E-state index is -0.481. The van der Waals surface area contributed by atoms with Gasteiger partial charge >= 0.3 is 0 Å². The molecule has 5 heteroatoms. The van der Waals surface area contributed by atoms with E-state index in [4.69, 9.17) is 0 Å². The summed E-state index contributed by atoms with van der Waals surface area (Å²) >= 11 is 3.23. The van der Waals surface area contributed by atoms with Crippen molar-refractivity contribution in [3.63, 3.8) is 0 Å². The molecular formula is C15H17BrN2O2. The number of halogens is 1. The summed E-state index contributed by atoms with van der Waals surface area (Å²) in [5, 5.41) is 21.8. The van der Waals surface area contributed by atoms with Crippen molar-refractivity contribution < 1.29 is 9.90 Å². The van der Waals surface area contributed by atoms with Gasteiger partial charge in [-0.1, -0.05) is 35.2 Å². The summed E-state index contributed by atoms with van der Waals surface area (Å²) < 4.78 is 0.704. The number of nitrogens with zero attached hydrogens (tertiary/aromatic N) is 1. The Morgan fingerprint density at radius 3 is 2.70 bits per heavy atom. The molecule has 0 bridgehead atoms. The Morgan fingerprint density at radius 1 is 1.40 bits per heavy atom. The lowest BCUT2D eigenvalue weighted by Gasteiger charge is -2.26. The first-order chi connectivity index (χ1) is 9.61. The van der Waals surface area contributed by atoms with Crippen molar-refractivity contribution in [2.24, 2.45) is 5.92 Å². The van der Waals surface area contributed by atoms with Crippen LogP contribution in [0.5, 0.6) is 5.75 Å². The Morgan fingerprint density at radius 2 is 2.10 bits per heavy atom. The Hall–Kier alpha value is -1.54. The first kappa shape index (κ1) is 14.9. The molecule has 1 atom stereocenters. The lowest BCUT2D eigenvalue weighted by molar-refractivity contribution is 0.0926. The van der Waals surface area contributed by atoms with E-state index < -0.39 is 11.9 Å². The van der Waals surface area contributed by atoms with Crippen molar-refractivity contribution in [3.8, 4) is 11.8 Å². The number of carbonyl (C=O) groups excluding carboxylic acids is 1. The molecule has 1 fully saturated rings. The Labute approximate surface area is 126 Å². The zero-order valence-corrected chi connectivity index (χ0v) is 12.7. The summed E-state index contributed by atoms with van der Waals surface area (Å²) in [6.07, 6.45) is 5.39. The van der Waals surface area contributed by atoms with Crippen LogP contribution in [0.1, 0.15) is 42.5 Å². The molecule has 1 aliphatic rings. The van der Waals surface area contributed by atoms with Crippen LogP contribution in [0.4, 0.5) is 0 Å². The molecule has 2 N–H and O–H groups in total. The number of nitrogens with one attached hydrogen (secondary N) is 1. The van der Waals surface area contributed by atoms with Crippen molar-refractivity contribution in [1.29, 1.82) is 5.26 Å². The van der Waals surface area contributed by atoms with Crippen LogP contribution in [-0.4, -0.2) is 17.1 Å². The van der Waals surface area contributed by atoms with E-state index in [1.54, 1.807) is 12.1 Å². The molecule has 20 heavy (non-hydrogen) atoms. The fourth-order valence-electron chi connectivity index (χ4n) is 2.64. The number of nitriles is 1. The molecule has 1 aromatic carbocycles. The van der Waals surface area contributed by atoms with E-state index in [9.17, 15) is 15.2 Å². The molecule has 0 aliphatic heterocycles. The van der Waals surface area contributed by atoms with Gasteiger partial charge in [0.2, 0.25) is 0 Å². The highest BCUT2D eigenvalue weighted by atomic mass is 79.9. The van der Waals surface area contributed by atoms with Gasteiger partial charge in [0.15, 0.2) is 0 Å². The van der Waals surface area contributed by atoms with Crippen molar-refractivity contribution in [3.05, 3.63) is 28.2 Å². The number of phenolic OH excluding ortho intramolecular Hbond substituents is 1. The van der Waals surface area contributed by atoms with E-state index in [2.05, 4.69) is 27.3 Å². The minimum absolute atomic E-state index is 0.0859. The summed E-state index contributed by atoms with van der Waals surface area (Å²) in [4.78, 5) is 12.2. The first-order valence-corrected chi connectivity index (χ1v) is 7.60. The number of rotatable bonds is 3. The summed E-state index contributed by atoms with van der Waals surface area (Å²) in [5.41, 5.74) is 0.198. The van der Waals surface area contributed by atoms with Gasteiger partial charge in [0.05, 0.1) is 11.6 Å². The van der Waals surface area contributed by atoms with E-state index in [0.717, 1.165) is 25.7 Å². The van der Waals surface area contributed by atoms with Gasteiger partial charge in [0.1, 0.15) is 11.8 Å². The summed E-state index contributed by atoms with van der Waals surface area (Å²) in [6, 6.07) is 6.41. The fourth-order valence-corrected chi connectivity index (χ4v) is 2.99. The van der Waals surface area contributed by atoms with Gasteiger partial charge in [-0.25, -0.2) is 0 Å². The molecule has 1 aromatic rings. The third-order valence-electron chi connectivity index (χ3n) is 3.75. The van der Waals surface area contributed by atoms with Crippen molar-refractivity contribution in [1.82, 2.24) is 5.32 Å². The number of phenols is 1. The van der Waals surface area contributed by atoms with Gasteiger partial charge in [0.25, 0.3) is 5.91 Å². The summed E-state index contributed by atoms with van der Waals surface area (Å²) in [7, 11) is 0. The normalized spacial score (nSPS) is 17.2. The first-order valence-electron chi connectivity index (χ1n) is 6.81. The summed E-state index contributed by atoms with van der Waals surface area (Å²) in [6.45, 7) is 0. The highest BCUT2D eigenvalue weighted by Crippen LogP contribution is 2.27. The van der Waals surface area contributed by atoms with Crippen LogP contribution in [-0.2, 0) is 0 Å². The molecule has 0 spiro atoms. The van der Waals surface area contributed by atoms with Gasteiger partial charge in [-0.3, -0.25) is 4.79 Å². The smallest absolute Gasteiger partial charge is 0.256 e. The van der Waals surface area contributed by atoms with E-state index in [-0.39, 0.29) is 17.2 Å². The molecule has 1 aliphatic carbocycles. The Balaban J connectivity index is 2.07. The van der Waals surface area contributed by atoms with Gasteiger partial charge in [0, 0.05) is 4.47 Å². The molecule has 1 amide bonds. The number of carbonyl (C=O) groups is 1. The second-order valence-corrected chi connectivity index (χ2v) is 6.06. The SMILES string of the molecule is N#CC(NC(=O)c1ccc(Br)cc1O)C1CCCCC1. The van der Waals surface area contributed by atoms with Crippen LogP contribution >= 0.6 is 15.9 Å². The van der Waals surface area contributed by atoms with Gasteiger partial charge in [-0.2, -0.15) is 5.26 Å². The second kappa shape index (κ2) is 6.76. The van der Waals surface area contributed by atoms with Crippen LogP contribution in [0.2, 0.25) is 0 Å². The van der Waals surface area contributed by atoms with Crippen LogP contribution in [0.15, 0.2) is 22.7 Å². The maximum absolute atomic E-state index is 12.2. The zero-order valence-electron chi connectivity index (χ0n) is 11.1. The highest BCUT2D eigenvalue weighted by Gasteiger charge is 2.25. The van der Waals surface area contributed by atoms with Crippen LogP contribution in [0, 0.1) is 17.2 Å². The Bertz CT molecular complexity index is 533. The predicted octanol–water partition coefficient (Wildman–Crippen LogP) is 3.36. The molecular weight excluding hydrogens is 320 g/mol. The highest BCUT2D eigenvalue weighted by molar-refractivity contribution is 9.10. The van der Waals surface area contributed by atoms with Gasteiger partial charge in [-0.05, 0) is 37.0 Å². The van der Waals surface area contributed by atoms with Crippen molar-refractivity contribution >= 4 is 21.8 Å². The number of hydrogen-bond acceptors (Lipinski definition) is 3. The predicted molar refractivity (Wildman–Crippen MR) is 79.2 cm³/mol. The number of aromatic hydroxyl groups is 1. The summed E-state index contributed by atoms with van der Waals surface area (Å²) in [5.74, 6) is -0.264. The number of amides is 1. The van der Waals surface area contributed by atoms with Gasteiger partial charge < -0.3 is 10.4 Å². The maximum atomic E-state index is 12.2. The van der Waals surface area contributed by atoms with E-state index >= 15 is 0 Å². The molecule has 4 nitrogen and oxygen atoms in total. The average molecular weight is 337 g/mol. The third-order valence-corrected chi connectivity index (χ3v) is 4.24. The maximum Gasteiger partial charge on any atom is 0.256 e. The molecule has 1 unspecified atom stereocenters. The zero-order chi connectivity index (χ0) is 14.5. The van der Waals surface area contributed by atoms with Crippen LogP contribution < -0.4 is 5.32 Å². The van der Waals surface area contributed by atoms with Crippen molar-refractivity contribution in [2.45, 2.75) is 38.1 Å². The molecule has 0 heterocycles. The lowest BCUT2D eigenvalue weighted by Crippen LogP contribution is -2.40. The molecule has 0 radical (unpaired) electrons. The molecule has 0 saturated heterocycles. The van der Waals surface area contributed by atoms with Crippen LogP contribution in [0.25, 0.3) is 0 Å². The lowest BCUT2D eigenvalue weighted by atomic mass is 9.84. The van der Waals surface area contributed by atoms with Crippen LogP contribution in [0.3, 0.4) is 0 Å². The van der Waals surface area contributed by atoms with E-state index in [1.165, 1.54) is 12.5 Å². The monoisotopic (exact) mass is 336 g/mol. The molecule has 2 rings (SSSR count). The van der Waals surface area contributed by atoms with Crippen molar-refractivity contribution in [2.75, 3.05) is 0 Å². The topological polar surface area (TPSA) is 73.1 Å². The standard InChI is InChI=1S/C15H17BrN2O2/c16-11-6-7-12(14(19)8-11)15(20)18-13(9-17)10-4-2-1-3-5-10/h6-8,10,13,19H,1-5H2,(H,18,20).